The number of hydrogen-bond donors (Lipinski definition) is 0. The largest absolute Gasteiger partial charge is 0.455 e. The average Bonchev–Trinajstić information content (AvgIpc) is 3.05. The minimum atomic E-state index is -0.437. The molecule has 0 aliphatic heterocycles. The fraction of sp³-hybridized carbons (Fsp3) is 0.111. The van der Waals surface area contributed by atoms with Crippen molar-refractivity contribution in [2.24, 2.45) is 0 Å². The number of carbonyl (C=O) groups is 1. The Kier molecular flexibility index (Phi) is 4.91. The van der Waals surface area contributed by atoms with Crippen molar-refractivity contribution in [1.29, 1.82) is 0 Å². The molecule has 0 radical (unpaired) electrons. The summed E-state index contributed by atoms with van der Waals surface area (Å²) < 4.78 is 23.5. The van der Waals surface area contributed by atoms with Crippen LogP contribution in [0.5, 0.6) is 0 Å². The molecule has 24 heavy (non-hydrogen) atoms. The van der Waals surface area contributed by atoms with Crippen molar-refractivity contribution in [3.8, 4) is 11.3 Å². The zero-order chi connectivity index (χ0) is 16.9. The van der Waals surface area contributed by atoms with Gasteiger partial charge < -0.3 is 9.15 Å². The molecule has 0 atom stereocenters. The van der Waals surface area contributed by atoms with Crippen molar-refractivity contribution in [3.63, 3.8) is 0 Å². The van der Waals surface area contributed by atoms with Crippen LogP contribution in [0.1, 0.15) is 11.5 Å². The molecule has 0 fully saturated rings. The third-order valence-corrected chi connectivity index (χ3v) is 3.55. The highest BCUT2D eigenvalue weighted by atomic mass is 35.5. The average molecular weight is 346 g/mol. The van der Waals surface area contributed by atoms with Gasteiger partial charge in [-0.25, -0.2) is 9.37 Å². The highest BCUT2D eigenvalue weighted by Gasteiger charge is 2.10. The van der Waals surface area contributed by atoms with Crippen LogP contribution in [0, 0.1) is 5.82 Å². The number of benzene rings is 2. The maximum Gasteiger partial charge on any atom is 0.310 e. The molecule has 4 nitrogen and oxygen atoms in total. The highest BCUT2D eigenvalue weighted by Crippen LogP contribution is 2.22. The second-order valence-electron chi connectivity index (χ2n) is 5.09. The number of nitrogens with zero attached hydrogens (tertiary/aromatic N) is 1. The van der Waals surface area contributed by atoms with Gasteiger partial charge in [0.05, 0.1) is 12.6 Å². The van der Waals surface area contributed by atoms with Gasteiger partial charge in [-0.05, 0) is 42.0 Å². The normalized spacial score (nSPS) is 10.6. The summed E-state index contributed by atoms with van der Waals surface area (Å²) in [6, 6.07) is 12.8. The van der Waals surface area contributed by atoms with E-state index < -0.39 is 5.97 Å². The van der Waals surface area contributed by atoms with Crippen molar-refractivity contribution in [2.75, 3.05) is 0 Å². The smallest absolute Gasteiger partial charge is 0.310 e. The SMILES string of the molecule is O=C(Cc1ccc(F)cc1)OCc1ncc(-c2ccc(Cl)cc2)o1. The highest BCUT2D eigenvalue weighted by molar-refractivity contribution is 6.30. The number of ether oxygens (including phenoxy) is 1. The first-order chi connectivity index (χ1) is 11.6. The van der Waals surface area contributed by atoms with Crippen LogP contribution in [-0.2, 0) is 22.6 Å². The molecule has 1 heterocycles. The Morgan fingerprint density at radius 3 is 2.54 bits per heavy atom. The first-order valence-electron chi connectivity index (χ1n) is 7.21. The molecule has 0 saturated carbocycles. The van der Waals surface area contributed by atoms with Crippen molar-refractivity contribution in [3.05, 3.63) is 77.0 Å². The Labute approximate surface area is 142 Å². The lowest BCUT2D eigenvalue weighted by atomic mass is 10.1. The van der Waals surface area contributed by atoms with Crippen LogP contribution in [0.15, 0.2) is 59.1 Å². The van der Waals surface area contributed by atoms with Crippen LogP contribution >= 0.6 is 11.6 Å². The van der Waals surface area contributed by atoms with E-state index in [0.717, 1.165) is 5.56 Å². The van der Waals surface area contributed by atoms with E-state index in [2.05, 4.69) is 4.98 Å². The number of halogens is 2. The first kappa shape index (κ1) is 16.2. The van der Waals surface area contributed by atoms with Gasteiger partial charge in [-0.2, -0.15) is 0 Å². The van der Waals surface area contributed by atoms with E-state index >= 15 is 0 Å². The molecular formula is C18H13ClFNO3. The summed E-state index contributed by atoms with van der Waals surface area (Å²) in [4.78, 5) is 15.9. The molecule has 0 amide bonds. The number of esters is 1. The molecular weight excluding hydrogens is 333 g/mol. The zero-order valence-electron chi connectivity index (χ0n) is 12.5. The topological polar surface area (TPSA) is 52.3 Å². The van der Waals surface area contributed by atoms with Crippen molar-refractivity contribution in [2.45, 2.75) is 13.0 Å². The third-order valence-electron chi connectivity index (χ3n) is 3.30. The Bertz CT molecular complexity index is 828. The van der Waals surface area contributed by atoms with Gasteiger partial charge >= 0.3 is 5.97 Å². The number of carbonyl (C=O) groups excluding carboxylic acids is 1. The molecule has 0 aliphatic carbocycles. The van der Waals surface area contributed by atoms with Crippen LogP contribution in [0.3, 0.4) is 0 Å². The van der Waals surface area contributed by atoms with Crippen LogP contribution in [0.25, 0.3) is 11.3 Å². The fourth-order valence-electron chi connectivity index (χ4n) is 2.09. The van der Waals surface area contributed by atoms with Gasteiger partial charge in [0.25, 0.3) is 0 Å². The van der Waals surface area contributed by atoms with E-state index in [1.54, 1.807) is 30.5 Å². The molecule has 3 rings (SSSR count). The summed E-state index contributed by atoms with van der Waals surface area (Å²) in [5.41, 5.74) is 1.51. The van der Waals surface area contributed by atoms with Gasteiger partial charge in [0.1, 0.15) is 5.82 Å². The molecule has 0 saturated heterocycles. The number of oxazole rings is 1. The van der Waals surface area contributed by atoms with E-state index in [4.69, 9.17) is 20.8 Å². The summed E-state index contributed by atoms with van der Waals surface area (Å²) in [7, 11) is 0. The molecule has 1 aromatic heterocycles. The van der Waals surface area contributed by atoms with Crippen LogP contribution in [-0.4, -0.2) is 11.0 Å². The van der Waals surface area contributed by atoms with E-state index in [0.29, 0.717) is 22.2 Å². The standard InChI is InChI=1S/C18H13ClFNO3/c19-14-5-3-13(4-6-14)16-10-21-17(24-16)11-23-18(22)9-12-1-7-15(20)8-2-12/h1-8,10H,9,11H2. The molecule has 3 aromatic rings. The van der Waals surface area contributed by atoms with Gasteiger partial charge in [0.15, 0.2) is 12.4 Å². The van der Waals surface area contributed by atoms with Crippen molar-refractivity contribution in [1.82, 2.24) is 4.98 Å². The Morgan fingerprint density at radius 1 is 1.12 bits per heavy atom. The Morgan fingerprint density at radius 2 is 1.83 bits per heavy atom. The minimum absolute atomic E-state index is 0.0605. The van der Waals surface area contributed by atoms with Crippen LogP contribution in [0.2, 0.25) is 5.02 Å². The van der Waals surface area contributed by atoms with E-state index in [9.17, 15) is 9.18 Å². The van der Waals surface area contributed by atoms with Crippen LogP contribution < -0.4 is 0 Å². The first-order valence-corrected chi connectivity index (χ1v) is 7.58. The second-order valence-corrected chi connectivity index (χ2v) is 5.53. The lowest BCUT2D eigenvalue weighted by Gasteiger charge is -2.02. The van der Waals surface area contributed by atoms with Crippen molar-refractivity contribution >= 4 is 17.6 Å². The van der Waals surface area contributed by atoms with E-state index in [1.807, 2.05) is 12.1 Å². The predicted molar refractivity (Wildman–Crippen MR) is 86.8 cm³/mol. The van der Waals surface area contributed by atoms with E-state index in [-0.39, 0.29) is 18.8 Å². The maximum atomic E-state index is 12.8. The molecule has 0 N–H and O–H groups in total. The molecule has 0 bridgehead atoms. The fourth-order valence-corrected chi connectivity index (χ4v) is 2.21. The van der Waals surface area contributed by atoms with Crippen molar-refractivity contribution < 1.29 is 18.3 Å². The number of rotatable bonds is 5. The second kappa shape index (κ2) is 7.27. The lowest BCUT2D eigenvalue weighted by Crippen LogP contribution is -2.08. The summed E-state index contributed by atoms with van der Waals surface area (Å²) in [5.74, 6) is 0.0816. The quantitative estimate of drug-likeness (QED) is 0.642. The molecule has 0 spiro atoms. The molecule has 0 unspecified atom stereocenters. The predicted octanol–water partition coefficient (Wildman–Crippen LogP) is 4.42. The Balaban J connectivity index is 1.56. The number of aromatic nitrogens is 1. The monoisotopic (exact) mass is 345 g/mol. The third kappa shape index (κ3) is 4.20. The lowest BCUT2D eigenvalue weighted by molar-refractivity contribution is -0.144. The molecule has 6 heteroatoms. The van der Waals surface area contributed by atoms with Gasteiger partial charge in [-0.3, -0.25) is 4.79 Å². The molecule has 122 valence electrons. The molecule has 2 aromatic carbocycles. The Hall–Kier alpha value is -2.66. The van der Waals surface area contributed by atoms with Gasteiger partial charge in [0, 0.05) is 10.6 Å². The maximum absolute atomic E-state index is 12.8. The van der Waals surface area contributed by atoms with Gasteiger partial charge in [-0.1, -0.05) is 23.7 Å². The van der Waals surface area contributed by atoms with Gasteiger partial charge in [0.2, 0.25) is 5.89 Å². The summed E-state index contributed by atoms with van der Waals surface area (Å²) >= 11 is 5.84. The summed E-state index contributed by atoms with van der Waals surface area (Å²) in [6.45, 7) is -0.0619. The molecule has 0 aliphatic rings. The summed E-state index contributed by atoms with van der Waals surface area (Å²) in [5, 5.41) is 0.633. The van der Waals surface area contributed by atoms with E-state index in [1.165, 1.54) is 12.1 Å². The number of hydrogen-bond acceptors (Lipinski definition) is 4. The minimum Gasteiger partial charge on any atom is -0.455 e. The van der Waals surface area contributed by atoms with Crippen LogP contribution in [0.4, 0.5) is 4.39 Å². The summed E-state index contributed by atoms with van der Waals surface area (Å²) in [6.07, 6.45) is 1.62. The van der Waals surface area contributed by atoms with Gasteiger partial charge in [-0.15, -0.1) is 0 Å². The zero-order valence-corrected chi connectivity index (χ0v) is 13.3.